The second kappa shape index (κ2) is 9.87. The van der Waals surface area contributed by atoms with Gasteiger partial charge < -0.3 is 10.6 Å². The first-order valence-electron chi connectivity index (χ1n) is 12.1. The summed E-state index contributed by atoms with van der Waals surface area (Å²) in [5.41, 5.74) is 3.67. The Kier molecular flexibility index (Phi) is 6.83. The molecule has 3 heterocycles. The van der Waals surface area contributed by atoms with Crippen molar-refractivity contribution in [2.75, 3.05) is 36.0 Å². The molecule has 0 bridgehead atoms. The molecule has 5 rings (SSSR count). The van der Waals surface area contributed by atoms with Crippen LogP contribution in [0.2, 0.25) is 5.02 Å². The lowest BCUT2D eigenvalue weighted by Crippen LogP contribution is -2.45. The fraction of sp³-hybridized carbons (Fsp3) is 0.480. The van der Waals surface area contributed by atoms with E-state index in [1.54, 1.807) is 0 Å². The van der Waals surface area contributed by atoms with Gasteiger partial charge in [0, 0.05) is 31.5 Å². The van der Waals surface area contributed by atoms with Crippen molar-refractivity contribution >= 4 is 44.7 Å². The molecule has 186 valence electrons. The third kappa shape index (κ3) is 5.37. The second-order valence-corrected chi connectivity index (χ2v) is 12.0. The van der Waals surface area contributed by atoms with E-state index in [0.717, 1.165) is 47.9 Å². The van der Waals surface area contributed by atoms with Crippen LogP contribution in [0.15, 0.2) is 46.6 Å². The van der Waals surface area contributed by atoms with Crippen molar-refractivity contribution in [1.29, 1.82) is 0 Å². The molecule has 10 heteroatoms. The van der Waals surface area contributed by atoms with Crippen LogP contribution in [0.25, 0.3) is 0 Å². The van der Waals surface area contributed by atoms with Gasteiger partial charge in [0.1, 0.15) is 5.82 Å². The van der Waals surface area contributed by atoms with E-state index in [2.05, 4.69) is 50.1 Å². The largest absolute Gasteiger partial charge is 0.370 e. The summed E-state index contributed by atoms with van der Waals surface area (Å²) in [6.07, 6.45) is 6.29. The number of anilines is 2. The Morgan fingerprint density at radius 3 is 2.66 bits per heavy atom. The molecule has 3 aliphatic rings. The fourth-order valence-corrected chi connectivity index (χ4v) is 5.57. The minimum atomic E-state index is -3.54. The molecular formula is C25H31ClN6O2S. The molecule has 2 atom stereocenters. The van der Waals surface area contributed by atoms with Crippen molar-refractivity contribution in [3.05, 3.63) is 52.5 Å². The van der Waals surface area contributed by atoms with Gasteiger partial charge in [-0.25, -0.2) is 13.4 Å². The van der Waals surface area contributed by atoms with E-state index < -0.39 is 10.0 Å². The summed E-state index contributed by atoms with van der Waals surface area (Å²) in [6.45, 7) is 1.74. The number of hydrogen-bond acceptors (Lipinski definition) is 7. The number of nitrogens with one attached hydrogen (secondary N) is 2. The molecule has 0 spiro atoms. The van der Waals surface area contributed by atoms with Gasteiger partial charge in [-0.15, -0.1) is 0 Å². The van der Waals surface area contributed by atoms with Gasteiger partial charge in [-0.05, 0) is 49.8 Å². The molecule has 2 unspecified atom stereocenters. The topological polar surface area (TPSA) is 99.0 Å². The molecule has 8 nitrogen and oxygen atoms in total. The molecule has 1 aliphatic carbocycles. The maximum Gasteiger partial charge on any atom is 0.233 e. The lowest BCUT2D eigenvalue weighted by Gasteiger charge is -2.33. The molecule has 2 fully saturated rings. The van der Waals surface area contributed by atoms with Gasteiger partial charge in [0.05, 0.1) is 28.7 Å². The molecule has 0 radical (unpaired) electrons. The van der Waals surface area contributed by atoms with Crippen molar-refractivity contribution in [2.24, 2.45) is 16.1 Å². The Labute approximate surface area is 211 Å². The zero-order valence-electron chi connectivity index (χ0n) is 20.0. The maximum absolute atomic E-state index is 12.3. The van der Waals surface area contributed by atoms with Gasteiger partial charge >= 0.3 is 0 Å². The molecule has 2 N–H and O–H groups in total. The molecule has 0 amide bonds. The molecule has 1 saturated carbocycles. The summed E-state index contributed by atoms with van der Waals surface area (Å²) in [5, 5.41) is 16.4. The highest BCUT2D eigenvalue weighted by Gasteiger charge is 2.34. The summed E-state index contributed by atoms with van der Waals surface area (Å²) >= 11 is 6.75. The number of piperidine rings is 1. The molecule has 1 aromatic carbocycles. The minimum Gasteiger partial charge on any atom is -0.370 e. The number of pyridine rings is 1. The van der Waals surface area contributed by atoms with E-state index in [0.29, 0.717) is 29.6 Å². The van der Waals surface area contributed by atoms with Crippen LogP contribution < -0.4 is 14.9 Å². The van der Waals surface area contributed by atoms with E-state index in [1.807, 2.05) is 12.1 Å². The number of aromatic nitrogens is 1. The Balaban J connectivity index is 1.42. The standard InChI is InChI=1S/C25H31ClN6O2S/c1-32(35(2,33)34)25-23(26)19(13-22(29-25)28-15-16-10-11-16)20-14-21(31-30-20)24-18(9-6-12-27-24)17-7-4-3-5-8-17/h3-5,7-8,13,16,18,24,27H,6,9-12,14-15H2,1-2H3,(H,28,29). The molecule has 35 heavy (non-hydrogen) atoms. The number of nitrogens with zero attached hydrogens (tertiary/aromatic N) is 4. The quantitative estimate of drug-likeness (QED) is 0.554. The number of halogens is 1. The van der Waals surface area contributed by atoms with E-state index >= 15 is 0 Å². The van der Waals surface area contributed by atoms with E-state index in [-0.39, 0.29) is 16.9 Å². The average Bonchev–Trinajstić information content (AvgIpc) is 3.57. The van der Waals surface area contributed by atoms with Crippen LogP contribution in [0.5, 0.6) is 0 Å². The van der Waals surface area contributed by atoms with Gasteiger partial charge in [-0.1, -0.05) is 41.9 Å². The Morgan fingerprint density at radius 1 is 1.17 bits per heavy atom. The summed E-state index contributed by atoms with van der Waals surface area (Å²) in [7, 11) is -2.08. The number of hydrogen-bond donors (Lipinski definition) is 2. The summed E-state index contributed by atoms with van der Waals surface area (Å²) in [4.78, 5) is 4.53. The molecular weight excluding hydrogens is 484 g/mol. The van der Waals surface area contributed by atoms with E-state index in [4.69, 9.17) is 11.6 Å². The highest BCUT2D eigenvalue weighted by atomic mass is 35.5. The highest BCUT2D eigenvalue weighted by molar-refractivity contribution is 7.92. The van der Waals surface area contributed by atoms with Crippen LogP contribution in [-0.2, 0) is 10.0 Å². The zero-order valence-corrected chi connectivity index (χ0v) is 21.6. The molecule has 2 aromatic rings. The Morgan fingerprint density at radius 2 is 1.94 bits per heavy atom. The Bertz CT molecular complexity index is 1260. The van der Waals surface area contributed by atoms with Gasteiger partial charge in [0.25, 0.3) is 0 Å². The fourth-order valence-electron chi connectivity index (χ4n) is 4.74. The minimum absolute atomic E-state index is 0.0960. The average molecular weight is 515 g/mol. The zero-order chi connectivity index (χ0) is 24.6. The number of benzene rings is 1. The predicted molar refractivity (Wildman–Crippen MR) is 143 cm³/mol. The molecule has 1 saturated heterocycles. The normalized spacial score (nSPS) is 22.5. The van der Waals surface area contributed by atoms with Crippen molar-refractivity contribution in [2.45, 2.75) is 44.1 Å². The van der Waals surface area contributed by atoms with Gasteiger partial charge in [0.2, 0.25) is 10.0 Å². The first-order chi connectivity index (χ1) is 16.8. The first kappa shape index (κ1) is 24.2. The van der Waals surface area contributed by atoms with Crippen molar-refractivity contribution in [3.63, 3.8) is 0 Å². The van der Waals surface area contributed by atoms with Crippen LogP contribution in [0.4, 0.5) is 11.6 Å². The molecule has 2 aliphatic heterocycles. The van der Waals surface area contributed by atoms with Crippen molar-refractivity contribution in [3.8, 4) is 0 Å². The van der Waals surface area contributed by atoms with Gasteiger partial charge in [-0.3, -0.25) is 4.31 Å². The Hall–Kier alpha value is -2.49. The second-order valence-electron chi connectivity index (χ2n) is 9.65. The SMILES string of the molecule is CN(c1nc(NCC2CC2)cc(C2=NN=C(C3NCCCC3c3ccccc3)C2)c1Cl)S(C)(=O)=O. The van der Waals surface area contributed by atoms with Crippen LogP contribution in [0, 0.1) is 5.92 Å². The monoisotopic (exact) mass is 514 g/mol. The van der Waals surface area contributed by atoms with Crippen molar-refractivity contribution in [1.82, 2.24) is 10.3 Å². The first-order valence-corrected chi connectivity index (χ1v) is 14.3. The van der Waals surface area contributed by atoms with Crippen molar-refractivity contribution < 1.29 is 8.42 Å². The van der Waals surface area contributed by atoms with Crippen LogP contribution in [0.1, 0.15) is 49.1 Å². The van der Waals surface area contributed by atoms with Crippen LogP contribution in [0.3, 0.4) is 0 Å². The third-order valence-corrected chi connectivity index (χ3v) is 8.55. The van der Waals surface area contributed by atoms with Gasteiger partial charge in [0.15, 0.2) is 5.82 Å². The lowest BCUT2D eigenvalue weighted by atomic mass is 9.81. The van der Waals surface area contributed by atoms with Gasteiger partial charge in [-0.2, -0.15) is 10.2 Å². The number of sulfonamides is 1. The van der Waals surface area contributed by atoms with Crippen LogP contribution in [-0.4, -0.2) is 57.3 Å². The molecule has 1 aromatic heterocycles. The predicted octanol–water partition coefficient (Wildman–Crippen LogP) is 4.04. The highest BCUT2D eigenvalue weighted by Crippen LogP contribution is 2.36. The van der Waals surface area contributed by atoms with E-state index in [9.17, 15) is 8.42 Å². The summed E-state index contributed by atoms with van der Waals surface area (Å²) in [6, 6.07) is 12.5. The summed E-state index contributed by atoms with van der Waals surface area (Å²) < 4.78 is 25.7. The van der Waals surface area contributed by atoms with E-state index in [1.165, 1.54) is 25.5 Å². The number of rotatable bonds is 8. The lowest BCUT2D eigenvalue weighted by molar-refractivity contribution is 0.413. The third-order valence-electron chi connectivity index (χ3n) is 7.01. The maximum atomic E-state index is 12.3. The van der Waals surface area contributed by atoms with Crippen LogP contribution >= 0.6 is 11.6 Å². The summed E-state index contributed by atoms with van der Waals surface area (Å²) in [5.74, 6) is 1.75. The smallest absolute Gasteiger partial charge is 0.233 e.